The SMILES string of the molecule is NC(=S)SCCCC(=O)O. The molecule has 0 aromatic carbocycles. The van der Waals surface area contributed by atoms with Gasteiger partial charge in [0.15, 0.2) is 0 Å². The highest BCUT2D eigenvalue weighted by atomic mass is 32.2. The minimum absolute atomic E-state index is 0.190. The maximum atomic E-state index is 9.97. The Balaban J connectivity index is 3.06. The number of thiocarbonyl (C=S) groups is 1. The number of hydrogen-bond donors (Lipinski definition) is 2. The smallest absolute Gasteiger partial charge is 0.303 e. The van der Waals surface area contributed by atoms with E-state index >= 15 is 0 Å². The summed E-state index contributed by atoms with van der Waals surface area (Å²) in [5, 5.41) is 8.21. The van der Waals surface area contributed by atoms with E-state index in [1.165, 1.54) is 11.8 Å². The topological polar surface area (TPSA) is 63.3 Å². The molecule has 0 aromatic rings. The van der Waals surface area contributed by atoms with Crippen molar-refractivity contribution in [3.63, 3.8) is 0 Å². The minimum Gasteiger partial charge on any atom is -0.481 e. The van der Waals surface area contributed by atoms with Crippen molar-refractivity contribution in [3.8, 4) is 0 Å². The first-order chi connectivity index (χ1) is 4.63. The lowest BCUT2D eigenvalue weighted by atomic mass is 10.3. The number of nitrogens with two attached hydrogens (primary N) is 1. The Morgan fingerprint density at radius 2 is 2.30 bits per heavy atom. The van der Waals surface area contributed by atoms with Gasteiger partial charge in [0.2, 0.25) is 0 Å². The first-order valence-corrected chi connectivity index (χ1v) is 4.16. The second-order valence-corrected chi connectivity index (χ2v) is 3.50. The predicted octanol–water partition coefficient (Wildman–Crippen LogP) is 0.828. The lowest BCUT2D eigenvalue weighted by Gasteiger charge is -1.94. The van der Waals surface area contributed by atoms with E-state index in [4.69, 9.17) is 10.8 Å². The molecule has 10 heavy (non-hydrogen) atoms. The maximum Gasteiger partial charge on any atom is 0.303 e. The normalized spacial score (nSPS) is 9.20. The molecule has 0 bridgehead atoms. The highest BCUT2D eigenvalue weighted by Crippen LogP contribution is 2.03. The number of carboxylic acid groups (broad SMARTS) is 1. The number of hydrogen-bond acceptors (Lipinski definition) is 3. The van der Waals surface area contributed by atoms with Gasteiger partial charge in [0.05, 0.1) is 0 Å². The third-order valence-corrected chi connectivity index (χ3v) is 1.91. The summed E-state index contributed by atoms with van der Waals surface area (Å²) in [6.07, 6.45) is 0.812. The van der Waals surface area contributed by atoms with E-state index in [2.05, 4.69) is 12.2 Å². The molecule has 5 heteroatoms. The summed E-state index contributed by atoms with van der Waals surface area (Å²) in [7, 11) is 0. The number of rotatable bonds is 4. The Labute approximate surface area is 69.0 Å². The minimum atomic E-state index is -0.775. The van der Waals surface area contributed by atoms with E-state index in [1.807, 2.05) is 0 Å². The average Bonchev–Trinajstić information content (AvgIpc) is 1.79. The van der Waals surface area contributed by atoms with Crippen LogP contribution in [0.15, 0.2) is 0 Å². The molecule has 0 heterocycles. The second kappa shape index (κ2) is 5.49. The summed E-state index contributed by atoms with van der Waals surface area (Å²) < 4.78 is 0.380. The van der Waals surface area contributed by atoms with Gasteiger partial charge in [-0.1, -0.05) is 24.0 Å². The molecule has 3 N–H and O–H groups in total. The van der Waals surface area contributed by atoms with Gasteiger partial charge in [0.1, 0.15) is 4.32 Å². The predicted molar refractivity (Wildman–Crippen MR) is 46.1 cm³/mol. The summed E-state index contributed by atoms with van der Waals surface area (Å²) in [6.45, 7) is 0. The zero-order valence-electron chi connectivity index (χ0n) is 5.37. The van der Waals surface area contributed by atoms with E-state index in [9.17, 15) is 4.79 Å². The van der Waals surface area contributed by atoms with Crippen LogP contribution in [0.1, 0.15) is 12.8 Å². The van der Waals surface area contributed by atoms with Crippen LogP contribution >= 0.6 is 24.0 Å². The first kappa shape index (κ1) is 9.71. The lowest BCUT2D eigenvalue weighted by molar-refractivity contribution is -0.137. The Hall–Kier alpha value is -0.290. The van der Waals surface area contributed by atoms with Gasteiger partial charge in [-0.15, -0.1) is 0 Å². The Morgan fingerprint density at radius 3 is 2.70 bits per heavy atom. The van der Waals surface area contributed by atoms with Crippen LogP contribution in [0.3, 0.4) is 0 Å². The van der Waals surface area contributed by atoms with Crippen LogP contribution in [-0.2, 0) is 4.79 Å². The van der Waals surface area contributed by atoms with E-state index in [0.717, 1.165) is 0 Å². The van der Waals surface area contributed by atoms with Crippen LogP contribution in [0, 0.1) is 0 Å². The number of carboxylic acids is 1. The van der Waals surface area contributed by atoms with E-state index in [-0.39, 0.29) is 6.42 Å². The van der Waals surface area contributed by atoms with Crippen molar-refractivity contribution in [3.05, 3.63) is 0 Å². The summed E-state index contributed by atoms with van der Waals surface area (Å²) in [6, 6.07) is 0. The Morgan fingerprint density at radius 1 is 1.70 bits per heavy atom. The van der Waals surface area contributed by atoms with Crippen LogP contribution in [0.2, 0.25) is 0 Å². The van der Waals surface area contributed by atoms with Gasteiger partial charge in [0.25, 0.3) is 0 Å². The van der Waals surface area contributed by atoms with Crippen molar-refractivity contribution in [1.82, 2.24) is 0 Å². The molecule has 0 aliphatic carbocycles. The van der Waals surface area contributed by atoms with Crippen molar-refractivity contribution in [1.29, 1.82) is 0 Å². The third kappa shape index (κ3) is 7.71. The van der Waals surface area contributed by atoms with Crippen LogP contribution in [0.5, 0.6) is 0 Å². The Kier molecular flexibility index (Phi) is 5.33. The lowest BCUT2D eigenvalue weighted by Crippen LogP contribution is -2.03. The first-order valence-electron chi connectivity index (χ1n) is 2.77. The molecule has 58 valence electrons. The number of thioether (sulfide) groups is 1. The molecule has 0 radical (unpaired) electrons. The van der Waals surface area contributed by atoms with Crippen molar-refractivity contribution in [2.45, 2.75) is 12.8 Å². The fraction of sp³-hybridized carbons (Fsp3) is 0.600. The van der Waals surface area contributed by atoms with Crippen molar-refractivity contribution >= 4 is 34.3 Å². The van der Waals surface area contributed by atoms with Gasteiger partial charge in [0, 0.05) is 12.2 Å². The quantitative estimate of drug-likeness (QED) is 0.494. The van der Waals surface area contributed by atoms with E-state index in [0.29, 0.717) is 16.5 Å². The molecule has 0 aliphatic rings. The maximum absolute atomic E-state index is 9.97. The summed E-state index contributed by atoms with van der Waals surface area (Å²) >= 11 is 5.89. The molecular formula is C5H9NO2S2. The molecule has 0 unspecified atom stereocenters. The molecule has 0 fully saturated rings. The molecule has 3 nitrogen and oxygen atoms in total. The monoisotopic (exact) mass is 179 g/mol. The molecule has 0 saturated heterocycles. The van der Waals surface area contributed by atoms with Gasteiger partial charge in [-0.05, 0) is 6.42 Å². The third-order valence-electron chi connectivity index (χ3n) is 0.779. The van der Waals surface area contributed by atoms with Gasteiger partial charge in [-0.25, -0.2) is 0 Å². The molecule has 0 saturated carbocycles. The Bertz CT molecular complexity index is 122. The summed E-state index contributed by atoms with van der Waals surface area (Å²) in [5.41, 5.74) is 5.16. The van der Waals surface area contributed by atoms with Gasteiger partial charge in [-0.3, -0.25) is 4.79 Å². The molecule has 0 aliphatic heterocycles. The van der Waals surface area contributed by atoms with E-state index in [1.54, 1.807) is 0 Å². The highest BCUT2D eigenvalue weighted by Gasteiger charge is 1.96. The van der Waals surface area contributed by atoms with Gasteiger partial charge in [-0.2, -0.15) is 0 Å². The number of carbonyl (C=O) groups is 1. The molecule has 0 atom stereocenters. The fourth-order valence-corrected chi connectivity index (χ4v) is 1.14. The average molecular weight is 179 g/mol. The molecule has 0 spiro atoms. The zero-order valence-corrected chi connectivity index (χ0v) is 7.00. The largest absolute Gasteiger partial charge is 0.481 e. The summed E-state index contributed by atoms with van der Waals surface area (Å²) in [5.74, 6) is -0.0784. The molecular weight excluding hydrogens is 170 g/mol. The standard InChI is InChI=1S/C5H9NO2S2/c6-5(9)10-3-1-2-4(7)8/h1-3H2,(H2,6,9)(H,7,8). The van der Waals surface area contributed by atoms with Crippen LogP contribution < -0.4 is 5.73 Å². The van der Waals surface area contributed by atoms with Gasteiger partial charge < -0.3 is 10.8 Å². The molecule has 0 amide bonds. The molecule has 0 aromatic heterocycles. The van der Waals surface area contributed by atoms with Crippen LogP contribution in [0.4, 0.5) is 0 Å². The highest BCUT2D eigenvalue weighted by molar-refractivity contribution is 8.22. The van der Waals surface area contributed by atoms with Crippen molar-refractivity contribution in [2.24, 2.45) is 5.73 Å². The van der Waals surface area contributed by atoms with E-state index < -0.39 is 5.97 Å². The summed E-state index contributed by atoms with van der Waals surface area (Å²) in [4.78, 5) is 9.97. The van der Waals surface area contributed by atoms with Crippen LogP contribution in [0.25, 0.3) is 0 Å². The van der Waals surface area contributed by atoms with Crippen molar-refractivity contribution in [2.75, 3.05) is 5.75 Å². The van der Waals surface area contributed by atoms with Crippen molar-refractivity contribution < 1.29 is 9.90 Å². The zero-order chi connectivity index (χ0) is 7.98. The van der Waals surface area contributed by atoms with Gasteiger partial charge >= 0.3 is 5.97 Å². The van der Waals surface area contributed by atoms with Crippen LogP contribution in [-0.4, -0.2) is 21.1 Å². The molecule has 0 rings (SSSR count). The fourth-order valence-electron chi connectivity index (χ4n) is 0.396. The number of aliphatic carboxylic acids is 1. The second-order valence-electron chi connectivity index (χ2n) is 1.66.